The highest BCUT2D eigenvalue weighted by atomic mass is 32.2. The third-order valence-corrected chi connectivity index (χ3v) is 7.25. The number of hydrogen-bond donors (Lipinski definition) is 0. The van der Waals surface area contributed by atoms with Crippen LogP contribution in [0.15, 0.2) is 53.7 Å². The van der Waals surface area contributed by atoms with Gasteiger partial charge in [0.15, 0.2) is 11.0 Å². The lowest BCUT2D eigenvalue weighted by atomic mass is 10.0. The first-order valence-corrected chi connectivity index (χ1v) is 12.7. The number of carbonyl (C=O) groups is 1. The third kappa shape index (κ3) is 5.16. The van der Waals surface area contributed by atoms with Crippen LogP contribution in [0.2, 0.25) is 0 Å². The number of rotatable bonds is 7. The summed E-state index contributed by atoms with van der Waals surface area (Å²) < 4.78 is 21.0. The summed E-state index contributed by atoms with van der Waals surface area (Å²) in [6, 6.07) is 14.4. The summed E-state index contributed by atoms with van der Waals surface area (Å²) in [6.07, 6.45) is 1.97. The molecule has 0 N–H and O–H groups in total. The molecule has 1 saturated heterocycles. The van der Waals surface area contributed by atoms with Gasteiger partial charge in [-0.15, -0.1) is 10.2 Å². The van der Waals surface area contributed by atoms with Gasteiger partial charge in [-0.2, -0.15) is 0 Å². The van der Waals surface area contributed by atoms with Gasteiger partial charge >= 0.3 is 0 Å². The zero-order valence-corrected chi connectivity index (χ0v) is 19.8. The molecule has 34 heavy (non-hydrogen) atoms. The molecule has 1 fully saturated rings. The fourth-order valence-corrected chi connectivity index (χ4v) is 5.31. The van der Waals surface area contributed by atoms with E-state index in [1.165, 1.54) is 29.5 Å². The fraction of sp³-hybridized carbons (Fsp3) is 0.400. The van der Waals surface area contributed by atoms with Crippen LogP contribution in [-0.2, 0) is 22.5 Å². The van der Waals surface area contributed by atoms with Crippen molar-refractivity contribution in [2.75, 3.05) is 50.0 Å². The highest BCUT2D eigenvalue weighted by Crippen LogP contribution is 2.29. The van der Waals surface area contributed by atoms with Gasteiger partial charge in [0, 0.05) is 44.0 Å². The second-order valence-corrected chi connectivity index (χ2v) is 9.43. The number of thioether (sulfide) groups is 1. The average Bonchev–Trinajstić information content (AvgIpc) is 3.29. The van der Waals surface area contributed by atoms with E-state index in [0.717, 1.165) is 63.5 Å². The van der Waals surface area contributed by atoms with Gasteiger partial charge in [-0.1, -0.05) is 30.0 Å². The molecule has 0 aliphatic carbocycles. The van der Waals surface area contributed by atoms with Gasteiger partial charge in [-0.05, 0) is 48.7 Å². The van der Waals surface area contributed by atoms with E-state index in [-0.39, 0.29) is 17.5 Å². The van der Waals surface area contributed by atoms with Crippen LogP contribution < -0.4 is 4.90 Å². The maximum absolute atomic E-state index is 13.5. The number of ether oxygens (including phenoxy) is 1. The summed E-state index contributed by atoms with van der Waals surface area (Å²) in [5.74, 6) is 0.757. The molecule has 3 heterocycles. The molecular formula is C25H28FN5O2S. The number of nitrogens with zero attached hydrogens (tertiary/aromatic N) is 5. The van der Waals surface area contributed by atoms with Crippen LogP contribution in [0.5, 0.6) is 0 Å². The van der Waals surface area contributed by atoms with Gasteiger partial charge < -0.3 is 14.2 Å². The number of anilines is 1. The lowest BCUT2D eigenvalue weighted by molar-refractivity contribution is -0.116. The van der Waals surface area contributed by atoms with Gasteiger partial charge in [0.2, 0.25) is 5.91 Å². The van der Waals surface area contributed by atoms with Crippen molar-refractivity contribution in [3.63, 3.8) is 0 Å². The first-order valence-electron chi connectivity index (χ1n) is 11.7. The Kier molecular flexibility index (Phi) is 7.22. The Hall–Kier alpha value is -2.75. The molecule has 2 aliphatic rings. The Morgan fingerprint density at radius 2 is 1.79 bits per heavy atom. The molecule has 0 radical (unpaired) electrons. The summed E-state index contributed by atoms with van der Waals surface area (Å²) in [4.78, 5) is 17.4. The van der Waals surface area contributed by atoms with Crippen molar-refractivity contribution < 1.29 is 13.9 Å². The van der Waals surface area contributed by atoms with E-state index in [1.807, 2.05) is 27.7 Å². The highest BCUT2D eigenvalue weighted by molar-refractivity contribution is 7.99. The monoisotopic (exact) mass is 481 g/mol. The Labute approximate surface area is 202 Å². The molecule has 7 nitrogen and oxygen atoms in total. The minimum Gasteiger partial charge on any atom is -0.379 e. The van der Waals surface area contributed by atoms with Crippen molar-refractivity contribution in [2.45, 2.75) is 24.5 Å². The molecule has 0 atom stereocenters. The average molecular weight is 482 g/mol. The van der Waals surface area contributed by atoms with E-state index < -0.39 is 0 Å². The standard InChI is InChI=1S/C25H28FN5O2S/c26-21-9-7-20(8-10-21)24-27-28-25(31(24)13-12-29-14-16-33-17-15-29)34-18-23(32)30-11-3-5-19-4-1-2-6-22(19)30/h1-2,4,6-10H,3,5,11-18H2. The Morgan fingerprint density at radius 3 is 2.62 bits per heavy atom. The smallest absolute Gasteiger partial charge is 0.237 e. The molecule has 9 heteroatoms. The topological polar surface area (TPSA) is 63.5 Å². The molecule has 2 aliphatic heterocycles. The molecule has 0 spiro atoms. The summed E-state index contributed by atoms with van der Waals surface area (Å²) in [5.41, 5.74) is 3.04. The van der Waals surface area contributed by atoms with E-state index in [2.05, 4.69) is 21.2 Å². The lowest BCUT2D eigenvalue weighted by Crippen LogP contribution is -2.38. The predicted octanol–water partition coefficient (Wildman–Crippen LogP) is 3.49. The van der Waals surface area contributed by atoms with Crippen LogP contribution in [0.1, 0.15) is 12.0 Å². The molecule has 178 valence electrons. The summed E-state index contributed by atoms with van der Waals surface area (Å²) >= 11 is 1.41. The minimum absolute atomic E-state index is 0.0724. The predicted molar refractivity (Wildman–Crippen MR) is 131 cm³/mol. The van der Waals surface area contributed by atoms with Gasteiger partial charge in [0.1, 0.15) is 5.82 Å². The van der Waals surface area contributed by atoms with Crippen molar-refractivity contribution in [1.82, 2.24) is 19.7 Å². The third-order valence-electron chi connectivity index (χ3n) is 6.30. The van der Waals surface area contributed by atoms with Crippen LogP contribution in [0, 0.1) is 5.82 Å². The van der Waals surface area contributed by atoms with E-state index >= 15 is 0 Å². The molecule has 1 aromatic heterocycles. The van der Waals surface area contributed by atoms with Crippen molar-refractivity contribution in [2.24, 2.45) is 0 Å². The highest BCUT2D eigenvalue weighted by Gasteiger charge is 2.24. The first-order chi connectivity index (χ1) is 16.7. The molecule has 1 amide bonds. The zero-order valence-electron chi connectivity index (χ0n) is 19.0. The number of morpholine rings is 1. The quantitative estimate of drug-likeness (QED) is 0.482. The summed E-state index contributed by atoms with van der Waals surface area (Å²) in [6.45, 7) is 5.51. The first kappa shape index (κ1) is 23.0. The number of para-hydroxylation sites is 1. The van der Waals surface area contributed by atoms with Gasteiger partial charge in [-0.3, -0.25) is 9.69 Å². The number of fused-ring (bicyclic) bond motifs is 1. The molecular weight excluding hydrogens is 453 g/mol. The van der Waals surface area contributed by atoms with Crippen LogP contribution in [-0.4, -0.2) is 70.7 Å². The zero-order chi connectivity index (χ0) is 23.3. The van der Waals surface area contributed by atoms with Crippen LogP contribution in [0.25, 0.3) is 11.4 Å². The van der Waals surface area contributed by atoms with Gasteiger partial charge in [0.05, 0.1) is 19.0 Å². The Morgan fingerprint density at radius 1 is 1.00 bits per heavy atom. The van der Waals surface area contributed by atoms with Crippen molar-refractivity contribution >= 4 is 23.4 Å². The van der Waals surface area contributed by atoms with Crippen LogP contribution in [0.4, 0.5) is 10.1 Å². The number of benzene rings is 2. The number of aryl methyl sites for hydroxylation is 1. The van der Waals surface area contributed by atoms with E-state index in [4.69, 9.17) is 4.74 Å². The molecule has 0 saturated carbocycles. The second-order valence-electron chi connectivity index (χ2n) is 8.49. The molecule has 2 aromatic carbocycles. The molecule has 0 unspecified atom stereocenters. The van der Waals surface area contributed by atoms with E-state index in [9.17, 15) is 9.18 Å². The molecule has 3 aromatic rings. The number of amides is 1. The summed E-state index contributed by atoms with van der Waals surface area (Å²) in [5, 5.41) is 9.52. The maximum atomic E-state index is 13.5. The molecule has 0 bridgehead atoms. The van der Waals surface area contributed by atoms with E-state index in [0.29, 0.717) is 17.5 Å². The van der Waals surface area contributed by atoms with Crippen molar-refractivity contribution in [3.05, 3.63) is 59.9 Å². The number of halogens is 1. The number of aromatic nitrogens is 3. The number of carbonyl (C=O) groups excluding carboxylic acids is 1. The Bertz CT molecular complexity index is 1130. The van der Waals surface area contributed by atoms with Crippen molar-refractivity contribution in [3.8, 4) is 11.4 Å². The lowest BCUT2D eigenvalue weighted by Gasteiger charge is -2.29. The van der Waals surface area contributed by atoms with E-state index in [1.54, 1.807) is 12.1 Å². The fourth-order valence-electron chi connectivity index (χ4n) is 4.47. The Balaban J connectivity index is 1.33. The SMILES string of the molecule is O=C(CSc1nnc(-c2ccc(F)cc2)n1CCN1CCOCC1)N1CCCc2ccccc21. The van der Waals surface area contributed by atoms with Gasteiger partial charge in [-0.25, -0.2) is 4.39 Å². The number of hydrogen-bond acceptors (Lipinski definition) is 6. The minimum atomic E-state index is -0.287. The summed E-state index contributed by atoms with van der Waals surface area (Å²) in [7, 11) is 0. The van der Waals surface area contributed by atoms with Gasteiger partial charge in [0.25, 0.3) is 0 Å². The van der Waals surface area contributed by atoms with Crippen LogP contribution in [0.3, 0.4) is 0 Å². The normalized spacial score (nSPS) is 16.4. The van der Waals surface area contributed by atoms with Crippen LogP contribution >= 0.6 is 11.8 Å². The largest absolute Gasteiger partial charge is 0.379 e. The maximum Gasteiger partial charge on any atom is 0.237 e. The van der Waals surface area contributed by atoms with Crippen molar-refractivity contribution in [1.29, 1.82) is 0 Å². The second kappa shape index (κ2) is 10.7. The molecule has 5 rings (SSSR count).